The van der Waals surface area contributed by atoms with E-state index in [0.717, 1.165) is 0 Å². The molecule has 8 heteroatoms. The van der Waals surface area contributed by atoms with Gasteiger partial charge >= 0.3 is 0 Å². The third-order valence-corrected chi connectivity index (χ3v) is 4.72. The Balaban J connectivity index is 2.50. The molecule has 2 atom stereocenters. The second-order valence-corrected chi connectivity index (χ2v) is 6.88. The van der Waals surface area contributed by atoms with Crippen LogP contribution in [0.25, 0.3) is 0 Å². The maximum absolute atomic E-state index is 11.7. The first-order valence-corrected chi connectivity index (χ1v) is 8.20. The first-order valence-electron chi connectivity index (χ1n) is 6.66. The molecule has 5 N–H and O–H groups in total. The van der Waals surface area contributed by atoms with E-state index in [2.05, 4.69) is 0 Å². The number of nitrogens with two attached hydrogens (primary N) is 2. The van der Waals surface area contributed by atoms with Gasteiger partial charge in [0.1, 0.15) is 0 Å². The molecule has 2 rings (SSSR count). The van der Waals surface area contributed by atoms with Crippen molar-refractivity contribution in [3.8, 4) is 0 Å². The highest BCUT2D eigenvalue weighted by molar-refractivity contribution is 7.89. The van der Waals surface area contributed by atoms with E-state index in [4.69, 9.17) is 15.6 Å². The number of rotatable bonds is 3. The maximum atomic E-state index is 11.7. The molecule has 0 bridgehead atoms. The van der Waals surface area contributed by atoms with Crippen LogP contribution >= 0.6 is 0 Å². The van der Waals surface area contributed by atoms with Crippen LogP contribution in [-0.4, -0.2) is 45.4 Å². The van der Waals surface area contributed by atoms with E-state index in [1.54, 1.807) is 13.0 Å². The van der Waals surface area contributed by atoms with Gasteiger partial charge in [0, 0.05) is 24.0 Å². The van der Waals surface area contributed by atoms with Crippen molar-refractivity contribution in [2.45, 2.75) is 30.9 Å². The summed E-state index contributed by atoms with van der Waals surface area (Å²) < 4.78 is 28.9. The Hall–Kier alpha value is -1.35. The Kier molecular flexibility index (Phi) is 4.43. The smallest absolute Gasteiger partial charge is 0.238 e. The Labute approximate surface area is 124 Å². The van der Waals surface area contributed by atoms with Crippen molar-refractivity contribution in [2.75, 3.05) is 30.4 Å². The first kappa shape index (κ1) is 16.0. The van der Waals surface area contributed by atoms with Crippen molar-refractivity contribution in [1.29, 1.82) is 0 Å². The summed E-state index contributed by atoms with van der Waals surface area (Å²) >= 11 is 0. The average Bonchev–Trinajstić information content (AvgIpc) is 2.40. The molecule has 0 aliphatic carbocycles. The lowest BCUT2D eigenvalue weighted by Crippen LogP contribution is -2.50. The Morgan fingerprint density at radius 3 is 2.71 bits per heavy atom. The van der Waals surface area contributed by atoms with Gasteiger partial charge in [0.15, 0.2) is 0 Å². The van der Waals surface area contributed by atoms with E-state index >= 15 is 0 Å². The second kappa shape index (κ2) is 5.80. The van der Waals surface area contributed by atoms with E-state index in [1.165, 1.54) is 6.07 Å². The Bertz CT molecular complexity index is 633. The quantitative estimate of drug-likeness (QED) is 0.665. The van der Waals surface area contributed by atoms with Crippen molar-refractivity contribution in [3.63, 3.8) is 0 Å². The summed E-state index contributed by atoms with van der Waals surface area (Å²) in [5.74, 6) is 0. The molecule has 0 radical (unpaired) electrons. The molecule has 7 nitrogen and oxygen atoms in total. The molecule has 21 heavy (non-hydrogen) atoms. The largest absolute Gasteiger partial charge is 0.399 e. The molecule has 0 amide bonds. The lowest BCUT2D eigenvalue weighted by Gasteiger charge is -2.40. The lowest BCUT2D eigenvalue weighted by atomic mass is 10.1. The monoisotopic (exact) mass is 315 g/mol. The highest BCUT2D eigenvalue weighted by atomic mass is 32.2. The molecule has 0 spiro atoms. The number of primary sulfonamides is 1. The summed E-state index contributed by atoms with van der Waals surface area (Å²) in [6.07, 6.45) is -0.306. The summed E-state index contributed by atoms with van der Waals surface area (Å²) in [6.45, 7) is 4.49. The van der Waals surface area contributed by atoms with Gasteiger partial charge < -0.3 is 20.5 Å². The van der Waals surface area contributed by atoms with E-state index in [1.807, 2.05) is 11.8 Å². The molecule has 1 fully saturated rings. The predicted octanol–water partition coefficient (Wildman–Crippen LogP) is -0.189. The normalized spacial score (nSPS) is 23.3. The number of nitrogens with zero attached hydrogens (tertiary/aromatic N) is 1. The molecule has 118 valence electrons. The van der Waals surface area contributed by atoms with Crippen LogP contribution in [0.5, 0.6) is 0 Å². The number of aliphatic hydroxyl groups excluding tert-OH is 1. The van der Waals surface area contributed by atoms with Crippen molar-refractivity contribution >= 4 is 21.4 Å². The number of hydrogen-bond donors (Lipinski definition) is 3. The zero-order valence-corrected chi connectivity index (χ0v) is 12.9. The summed E-state index contributed by atoms with van der Waals surface area (Å²) in [6, 6.07) is 3.13. The standard InChI is InChI=1S/C13H21N3O4S/c1-8-7-20-11(6-17)5-16(8)12-3-10(14)4-13(9(12)2)21(15,18)19/h3-4,8,11,17H,5-7,14H2,1-2H3,(H2,15,18,19). The Morgan fingerprint density at radius 2 is 2.14 bits per heavy atom. The minimum atomic E-state index is -3.84. The molecule has 1 aliphatic rings. The summed E-state index contributed by atoms with van der Waals surface area (Å²) in [7, 11) is -3.84. The Morgan fingerprint density at radius 1 is 1.48 bits per heavy atom. The van der Waals surface area contributed by atoms with Crippen LogP contribution in [0.1, 0.15) is 12.5 Å². The van der Waals surface area contributed by atoms with E-state index in [9.17, 15) is 13.5 Å². The van der Waals surface area contributed by atoms with Gasteiger partial charge in [-0.25, -0.2) is 13.6 Å². The third kappa shape index (κ3) is 3.29. The molecule has 0 aromatic heterocycles. The van der Waals surface area contributed by atoms with Crippen LogP contribution in [0.3, 0.4) is 0 Å². The van der Waals surface area contributed by atoms with E-state index < -0.39 is 10.0 Å². The summed E-state index contributed by atoms with van der Waals surface area (Å²) in [4.78, 5) is 2.02. The molecule has 1 aromatic carbocycles. The molecule has 1 aliphatic heterocycles. The SMILES string of the molecule is Cc1c(N2CC(CO)OCC2C)cc(N)cc1S(N)(=O)=O. The molecule has 0 saturated carbocycles. The minimum Gasteiger partial charge on any atom is -0.399 e. The van der Waals surface area contributed by atoms with Crippen LogP contribution in [0.15, 0.2) is 17.0 Å². The van der Waals surface area contributed by atoms with E-state index in [0.29, 0.717) is 30.1 Å². The van der Waals surface area contributed by atoms with Crippen molar-refractivity contribution in [2.24, 2.45) is 5.14 Å². The van der Waals surface area contributed by atoms with Crippen LogP contribution in [0, 0.1) is 6.92 Å². The van der Waals surface area contributed by atoms with Gasteiger partial charge in [-0.3, -0.25) is 0 Å². The second-order valence-electron chi connectivity index (χ2n) is 5.35. The fraction of sp³-hybridized carbons (Fsp3) is 0.538. The van der Waals surface area contributed by atoms with Gasteiger partial charge in [-0.05, 0) is 31.5 Å². The van der Waals surface area contributed by atoms with Gasteiger partial charge in [0.25, 0.3) is 0 Å². The van der Waals surface area contributed by atoms with Crippen LogP contribution in [-0.2, 0) is 14.8 Å². The summed E-state index contributed by atoms with van der Waals surface area (Å²) in [5, 5.41) is 14.5. The number of ether oxygens (including phenoxy) is 1. The van der Waals surface area contributed by atoms with Gasteiger partial charge in [-0.2, -0.15) is 0 Å². The third-order valence-electron chi connectivity index (χ3n) is 3.68. The average molecular weight is 315 g/mol. The van der Waals surface area contributed by atoms with Gasteiger partial charge in [0.2, 0.25) is 10.0 Å². The maximum Gasteiger partial charge on any atom is 0.238 e. The molecule has 1 saturated heterocycles. The van der Waals surface area contributed by atoms with Crippen LogP contribution in [0.4, 0.5) is 11.4 Å². The molecule has 2 unspecified atom stereocenters. The van der Waals surface area contributed by atoms with Crippen molar-refractivity contribution in [3.05, 3.63) is 17.7 Å². The minimum absolute atomic E-state index is 0.0248. The number of sulfonamides is 1. The molecule has 1 aromatic rings. The predicted molar refractivity (Wildman–Crippen MR) is 80.6 cm³/mol. The zero-order chi connectivity index (χ0) is 15.8. The number of aliphatic hydroxyl groups is 1. The van der Waals surface area contributed by atoms with Gasteiger partial charge in [-0.15, -0.1) is 0 Å². The number of morpholine rings is 1. The lowest BCUT2D eigenvalue weighted by molar-refractivity contribution is -0.0103. The van der Waals surface area contributed by atoms with Crippen molar-refractivity contribution < 1.29 is 18.3 Å². The van der Waals surface area contributed by atoms with Gasteiger partial charge in [-0.1, -0.05) is 0 Å². The molecular formula is C13H21N3O4S. The van der Waals surface area contributed by atoms with Crippen LogP contribution in [0.2, 0.25) is 0 Å². The van der Waals surface area contributed by atoms with Crippen molar-refractivity contribution in [1.82, 2.24) is 0 Å². The van der Waals surface area contributed by atoms with Gasteiger partial charge in [0.05, 0.1) is 24.2 Å². The topological polar surface area (TPSA) is 119 Å². The highest BCUT2D eigenvalue weighted by Crippen LogP contribution is 2.31. The fourth-order valence-corrected chi connectivity index (χ4v) is 3.38. The molecule has 1 heterocycles. The molecular weight excluding hydrogens is 294 g/mol. The highest BCUT2D eigenvalue weighted by Gasteiger charge is 2.28. The number of nitrogen functional groups attached to an aromatic ring is 1. The zero-order valence-electron chi connectivity index (χ0n) is 12.1. The number of benzene rings is 1. The fourth-order valence-electron chi connectivity index (χ4n) is 2.55. The first-order chi connectivity index (χ1) is 9.74. The summed E-state index contributed by atoms with van der Waals surface area (Å²) in [5.41, 5.74) is 7.40. The van der Waals surface area contributed by atoms with Crippen LogP contribution < -0.4 is 15.8 Å². The van der Waals surface area contributed by atoms with E-state index in [-0.39, 0.29) is 23.6 Å². The number of anilines is 2. The number of hydrogen-bond acceptors (Lipinski definition) is 6.